The number of hydrogen-bond acceptors (Lipinski definition) is 3. The van der Waals surface area contributed by atoms with Crippen LogP contribution in [0.25, 0.3) is 0 Å². The van der Waals surface area contributed by atoms with E-state index in [0.29, 0.717) is 13.0 Å². The molecule has 1 heterocycles. The lowest BCUT2D eigenvalue weighted by Gasteiger charge is -2.25. The van der Waals surface area contributed by atoms with Gasteiger partial charge in [-0.2, -0.15) is 0 Å². The number of carbonyl (C=O) groups is 2. The van der Waals surface area contributed by atoms with Gasteiger partial charge in [-0.05, 0) is 24.6 Å². The molecule has 1 aromatic carbocycles. The smallest absolute Gasteiger partial charge is 0.230 e. The third-order valence-electron chi connectivity index (χ3n) is 3.11. The van der Waals surface area contributed by atoms with E-state index in [2.05, 4.69) is 16.0 Å². The van der Waals surface area contributed by atoms with Gasteiger partial charge in [-0.3, -0.25) is 9.59 Å². The highest BCUT2D eigenvalue weighted by molar-refractivity contribution is 5.93. The van der Waals surface area contributed by atoms with E-state index in [1.54, 1.807) is 0 Å². The van der Waals surface area contributed by atoms with Crippen molar-refractivity contribution in [2.45, 2.75) is 13.3 Å². The minimum absolute atomic E-state index is 0.0137. The molecule has 5 heteroatoms. The molecule has 0 spiro atoms. The van der Waals surface area contributed by atoms with Crippen molar-refractivity contribution in [1.82, 2.24) is 10.6 Å². The minimum Gasteiger partial charge on any atom is -0.356 e. The monoisotopic (exact) mass is 261 g/mol. The van der Waals surface area contributed by atoms with Gasteiger partial charge in [0.05, 0.1) is 12.3 Å². The van der Waals surface area contributed by atoms with Crippen LogP contribution in [0.15, 0.2) is 24.3 Å². The molecule has 0 unspecified atom stereocenters. The molecule has 0 saturated carbocycles. The molecule has 1 saturated heterocycles. The Morgan fingerprint density at radius 2 is 1.95 bits per heavy atom. The van der Waals surface area contributed by atoms with Crippen molar-refractivity contribution in [2.75, 3.05) is 25.0 Å². The van der Waals surface area contributed by atoms with Crippen LogP contribution in [-0.2, 0) is 16.0 Å². The Morgan fingerprint density at radius 3 is 2.47 bits per heavy atom. The zero-order valence-electron chi connectivity index (χ0n) is 11.0. The lowest BCUT2D eigenvalue weighted by Crippen LogP contribution is -2.48. The number of nitrogens with one attached hydrogen (secondary N) is 3. The molecule has 0 atom stereocenters. The molecule has 1 aliphatic heterocycles. The maximum atomic E-state index is 11.7. The molecule has 0 aliphatic carbocycles. The second kappa shape index (κ2) is 6.33. The summed E-state index contributed by atoms with van der Waals surface area (Å²) in [4.78, 5) is 23.2. The van der Waals surface area contributed by atoms with Crippen LogP contribution in [0, 0.1) is 5.92 Å². The Hall–Kier alpha value is -1.88. The van der Waals surface area contributed by atoms with E-state index in [0.717, 1.165) is 24.3 Å². The standard InChI is InChI=1S/C14H19N3O2/c1-2-16-13(18)7-10-3-5-12(6-4-10)17-14(19)11-8-15-9-11/h3-6,11,15H,2,7-9H2,1H3,(H,16,18)(H,17,19). The van der Waals surface area contributed by atoms with Gasteiger partial charge >= 0.3 is 0 Å². The highest BCUT2D eigenvalue weighted by atomic mass is 16.2. The normalized spacial score (nSPS) is 14.6. The molecule has 1 aliphatic rings. The summed E-state index contributed by atoms with van der Waals surface area (Å²) in [6.07, 6.45) is 0.370. The molecular formula is C14H19N3O2. The summed E-state index contributed by atoms with van der Waals surface area (Å²) in [6, 6.07) is 7.39. The van der Waals surface area contributed by atoms with E-state index in [9.17, 15) is 9.59 Å². The van der Waals surface area contributed by atoms with E-state index >= 15 is 0 Å². The topological polar surface area (TPSA) is 70.2 Å². The largest absolute Gasteiger partial charge is 0.356 e. The Bertz CT molecular complexity index is 452. The average Bonchev–Trinajstić information content (AvgIpc) is 2.29. The van der Waals surface area contributed by atoms with E-state index in [1.165, 1.54) is 0 Å². The molecule has 2 amide bonds. The maximum absolute atomic E-state index is 11.7. The number of benzene rings is 1. The van der Waals surface area contributed by atoms with Gasteiger partial charge in [0.15, 0.2) is 0 Å². The summed E-state index contributed by atoms with van der Waals surface area (Å²) < 4.78 is 0. The summed E-state index contributed by atoms with van der Waals surface area (Å²) in [6.45, 7) is 4.04. The van der Waals surface area contributed by atoms with Crippen LogP contribution in [0.2, 0.25) is 0 Å². The van der Waals surface area contributed by atoms with Crippen LogP contribution in [0.5, 0.6) is 0 Å². The molecule has 2 rings (SSSR count). The molecule has 5 nitrogen and oxygen atoms in total. The Balaban J connectivity index is 1.87. The lowest BCUT2D eigenvalue weighted by atomic mass is 10.0. The number of hydrogen-bond donors (Lipinski definition) is 3. The molecule has 102 valence electrons. The summed E-state index contributed by atoms with van der Waals surface area (Å²) in [7, 11) is 0. The van der Waals surface area contributed by atoms with Gasteiger partial charge in [-0.1, -0.05) is 12.1 Å². The fourth-order valence-electron chi connectivity index (χ4n) is 1.87. The Kier molecular flexibility index (Phi) is 4.52. The van der Waals surface area contributed by atoms with Crippen molar-refractivity contribution < 1.29 is 9.59 Å². The fourth-order valence-corrected chi connectivity index (χ4v) is 1.87. The van der Waals surface area contributed by atoms with Crippen LogP contribution < -0.4 is 16.0 Å². The van der Waals surface area contributed by atoms with Crippen molar-refractivity contribution in [3.8, 4) is 0 Å². The van der Waals surface area contributed by atoms with E-state index in [-0.39, 0.29) is 17.7 Å². The highest BCUT2D eigenvalue weighted by Crippen LogP contribution is 2.13. The molecule has 1 aromatic rings. The van der Waals surface area contributed by atoms with E-state index in [4.69, 9.17) is 0 Å². The molecule has 1 fully saturated rings. The minimum atomic E-state index is 0.0137. The number of anilines is 1. The van der Waals surface area contributed by atoms with Gasteiger partial charge in [0.2, 0.25) is 11.8 Å². The van der Waals surface area contributed by atoms with Crippen LogP contribution in [-0.4, -0.2) is 31.4 Å². The van der Waals surface area contributed by atoms with Crippen molar-refractivity contribution >= 4 is 17.5 Å². The first kappa shape index (κ1) is 13.5. The SMILES string of the molecule is CCNC(=O)Cc1ccc(NC(=O)C2CNC2)cc1. The van der Waals surface area contributed by atoms with Gasteiger partial charge in [-0.15, -0.1) is 0 Å². The van der Waals surface area contributed by atoms with Crippen molar-refractivity contribution in [2.24, 2.45) is 5.92 Å². The summed E-state index contributed by atoms with van der Waals surface area (Å²) in [5.74, 6) is 0.144. The number of carbonyl (C=O) groups excluding carboxylic acids is 2. The number of likely N-dealkylation sites (N-methyl/N-ethyl adjacent to an activating group) is 1. The van der Waals surface area contributed by atoms with Crippen LogP contribution >= 0.6 is 0 Å². The summed E-state index contributed by atoms with van der Waals surface area (Å²) in [5, 5.41) is 8.69. The van der Waals surface area contributed by atoms with Crippen molar-refractivity contribution in [1.29, 1.82) is 0 Å². The number of amides is 2. The average molecular weight is 261 g/mol. The Morgan fingerprint density at radius 1 is 1.26 bits per heavy atom. The predicted molar refractivity (Wildman–Crippen MR) is 73.8 cm³/mol. The van der Waals surface area contributed by atoms with Crippen LogP contribution in [0.3, 0.4) is 0 Å². The summed E-state index contributed by atoms with van der Waals surface area (Å²) >= 11 is 0. The highest BCUT2D eigenvalue weighted by Gasteiger charge is 2.24. The molecule has 3 N–H and O–H groups in total. The molecule has 19 heavy (non-hydrogen) atoms. The first-order valence-electron chi connectivity index (χ1n) is 6.56. The van der Waals surface area contributed by atoms with Gasteiger partial charge in [-0.25, -0.2) is 0 Å². The first-order valence-corrected chi connectivity index (χ1v) is 6.56. The second-order valence-corrected chi connectivity index (χ2v) is 4.67. The van der Waals surface area contributed by atoms with Gasteiger partial charge in [0.25, 0.3) is 0 Å². The van der Waals surface area contributed by atoms with Crippen LogP contribution in [0.4, 0.5) is 5.69 Å². The van der Waals surface area contributed by atoms with Crippen molar-refractivity contribution in [3.05, 3.63) is 29.8 Å². The first-order chi connectivity index (χ1) is 9.19. The summed E-state index contributed by atoms with van der Waals surface area (Å²) in [5.41, 5.74) is 1.71. The second-order valence-electron chi connectivity index (χ2n) is 4.67. The molecular weight excluding hydrogens is 242 g/mol. The molecule has 0 bridgehead atoms. The van der Waals surface area contributed by atoms with E-state index < -0.39 is 0 Å². The van der Waals surface area contributed by atoms with Gasteiger partial charge in [0, 0.05) is 25.3 Å². The van der Waals surface area contributed by atoms with Crippen molar-refractivity contribution in [3.63, 3.8) is 0 Å². The van der Waals surface area contributed by atoms with E-state index in [1.807, 2.05) is 31.2 Å². The number of rotatable bonds is 5. The predicted octanol–water partition coefficient (Wildman–Crippen LogP) is 0.523. The Labute approximate surface area is 112 Å². The quantitative estimate of drug-likeness (QED) is 0.724. The lowest BCUT2D eigenvalue weighted by molar-refractivity contribution is -0.121. The maximum Gasteiger partial charge on any atom is 0.230 e. The van der Waals surface area contributed by atoms with Crippen LogP contribution in [0.1, 0.15) is 12.5 Å². The zero-order valence-corrected chi connectivity index (χ0v) is 11.0. The zero-order chi connectivity index (χ0) is 13.7. The third-order valence-corrected chi connectivity index (χ3v) is 3.11. The van der Waals surface area contributed by atoms with Gasteiger partial charge in [0.1, 0.15) is 0 Å². The van der Waals surface area contributed by atoms with Gasteiger partial charge < -0.3 is 16.0 Å². The fraction of sp³-hybridized carbons (Fsp3) is 0.429. The third kappa shape index (κ3) is 3.79. The molecule has 0 radical (unpaired) electrons. The molecule has 0 aromatic heterocycles.